The second kappa shape index (κ2) is 4.31. The number of hydrogen-bond donors (Lipinski definition) is 1. The number of ether oxygens (including phenoxy) is 1. The third kappa shape index (κ3) is 2.47. The standard InChI is InChI=1S/C9H10O5S/c1-2-14-7-3-5-8(6-4-7)15(12,13)9(10)11/h3-6H,2H2,1H3,(H,10,11). The Morgan fingerprint density at radius 3 is 2.27 bits per heavy atom. The van der Waals surface area contributed by atoms with Crippen molar-refractivity contribution >= 4 is 15.1 Å². The van der Waals surface area contributed by atoms with Gasteiger partial charge in [-0.05, 0) is 31.2 Å². The topological polar surface area (TPSA) is 80.7 Å². The molecule has 0 aliphatic carbocycles. The van der Waals surface area contributed by atoms with Crippen molar-refractivity contribution in [2.45, 2.75) is 11.8 Å². The summed E-state index contributed by atoms with van der Waals surface area (Å²) in [6.07, 6.45) is 0. The van der Waals surface area contributed by atoms with Gasteiger partial charge in [-0.25, -0.2) is 13.2 Å². The zero-order valence-corrected chi connectivity index (χ0v) is 8.82. The molecule has 0 bridgehead atoms. The van der Waals surface area contributed by atoms with Gasteiger partial charge in [0, 0.05) is 0 Å². The largest absolute Gasteiger partial charge is 0.494 e. The molecular weight excluding hydrogens is 220 g/mol. The Labute approximate surface area is 87.2 Å². The summed E-state index contributed by atoms with van der Waals surface area (Å²) in [7, 11) is -4.25. The van der Waals surface area contributed by atoms with Crippen molar-refractivity contribution in [2.75, 3.05) is 6.61 Å². The maximum absolute atomic E-state index is 11.2. The number of carboxylic acid groups (broad SMARTS) is 1. The Kier molecular flexibility index (Phi) is 3.31. The van der Waals surface area contributed by atoms with Crippen LogP contribution in [-0.2, 0) is 9.84 Å². The van der Waals surface area contributed by atoms with Crippen LogP contribution in [0.1, 0.15) is 6.92 Å². The van der Waals surface area contributed by atoms with E-state index in [1.807, 2.05) is 0 Å². The summed E-state index contributed by atoms with van der Waals surface area (Å²) in [4.78, 5) is 10.2. The first-order chi connectivity index (χ1) is 6.98. The van der Waals surface area contributed by atoms with Crippen LogP contribution in [0.2, 0.25) is 0 Å². The first-order valence-corrected chi connectivity index (χ1v) is 5.67. The summed E-state index contributed by atoms with van der Waals surface area (Å²) < 4.78 is 27.4. The molecule has 0 unspecified atom stereocenters. The fourth-order valence-electron chi connectivity index (χ4n) is 0.983. The zero-order valence-electron chi connectivity index (χ0n) is 8.00. The van der Waals surface area contributed by atoms with E-state index in [1.165, 1.54) is 24.3 Å². The van der Waals surface area contributed by atoms with Gasteiger partial charge in [0.05, 0.1) is 11.5 Å². The third-order valence-electron chi connectivity index (χ3n) is 1.67. The summed E-state index contributed by atoms with van der Waals surface area (Å²) in [6.45, 7) is 2.26. The number of benzene rings is 1. The SMILES string of the molecule is CCOc1ccc(S(=O)(=O)C(=O)O)cc1. The summed E-state index contributed by atoms with van der Waals surface area (Å²) in [5.41, 5.74) is 0. The van der Waals surface area contributed by atoms with Crippen LogP contribution >= 0.6 is 0 Å². The highest BCUT2D eigenvalue weighted by molar-refractivity contribution is 8.05. The first kappa shape index (κ1) is 11.5. The quantitative estimate of drug-likeness (QED) is 0.851. The molecule has 0 amide bonds. The lowest BCUT2D eigenvalue weighted by Gasteiger charge is -2.03. The normalized spacial score (nSPS) is 11.0. The van der Waals surface area contributed by atoms with E-state index >= 15 is 0 Å². The minimum absolute atomic E-state index is 0.251. The second-order valence-corrected chi connectivity index (χ2v) is 4.50. The van der Waals surface area contributed by atoms with Gasteiger partial charge in [-0.2, -0.15) is 0 Å². The molecule has 0 radical (unpaired) electrons. The Balaban J connectivity index is 3.04. The van der Waals surface area contributed by atoms with Crippen LogP contribution in [-0.4, -0.2) is 25.4 Å². The lowest BCUT2D eigenvalue weighted by Crippen LogP contribution is -2.11. The van der Waals surface area contributed by atoms with E-state index in [0.29, 0.717) is 12.4 Å². The van der Waals surface area contributed by atoms with E-state index in [0.717, 1.165) is 0 Å². The van der Waals surface area contributed by atoms with Crippen LogP contribution in [0.4, 0.5) is 4.79 Å². The lowest BCUT2D eigenvalue weighted by molar-refractivity contribution is 0.219. The Morgan fingerprint density at radius 1 is 1.33 bits per heavy atom. The van der Waals surface area contributed by atoms with Crippen molar-refractivity contribution in [3.8, 4) is 5.75 Å². The van der Waals surface area contributed by atoms with E-state index in [2.05, 4.69) is 0 Å². The maximum Gasteiger partial charge on any atom is 0.427 e. The molecule has 0 aliphatic rings. The molecule has 6 heteroatoms. The van der Waals surface area contributed by atoms with Crippen molar-refractivity contribution in [3.63, 3.8) is 0 Å². The van der Waals surface area contributed by atoms with Crippen molar-refractivity contribution in [1.29, 1.82) is 0 Å². The van der Waals surface area contributed by atoms with Crippen LogP contribution < -0.4 is 4.74 Å². The molecule has 5 nitrogen and oxygen atoms in total. The van der Waals surface area contributed by atoms with Crippen LogP contribution in [0, 0.1) is 0 Å². The predicted octanol–water partition coefficient (Wildman–Crippen LogP) is 1.54. The van der Waals surface area contributed by atoms with E-state index in [1.54, 1.807) is 6.92 Å². The third-order valence-corrected chi connectivity index (χ3v) is 3.03. The highest BCUT2D eigenvalue weighted by Crippen LogP contribution is 2.17. The second-order valence-electron chi connectivity index (χ2n) is 2.67. The van der Waals surface area contributed by atoms with Gasteiger partial charge in [0.25, 0.3) is 9.84 Å². The van der Waals surface area contributed by atoms with Crippen molar-refractivity contribution in [3.05, 3.63) is 24.3 Å². The molecule has 0 spiro atoms. The fraction of sp³-hybridized carbons (Fsp3) is 0.222. The maximum atomic E-state index is 11.2. The van der Waals surface area contributed by atoms with Crippen LogP contribution in [0.3, 0.4) is 0 Å². The van der Waals surface area contributed by atoms with E-state index in [4.69, 9.17) is 9.84 Å². The molecule has 82 valence electrons. The average Bonchev–Trinajstić information content (AvgIpc) is 2.19. The predicted molar refractivity (Wildman–Crippen MR) is 52.8 cm³/mol. The smallest absolute Gasteiger partial charge is 0.427 e. The van der Waals surface area contributed by atoms with Gasteiger partial charge in [0.1, 0.15) is 5.75 Å². The van der Waals surface area contributed by atoms with Gasteiger partial charge < -0.3 is 9.84 Å². The van der Waals surface area contributed by atoms with Gasteiger partial charge in [-0.1, -0.05) is 0 Å². The Bertz CT molecular complexity index is 446. The average molecular weight is 230 g/mol. The lowest BCUT2D eigenvalue weighted by atomic mass is 10.3. The summed E-state index contributed by atoms with van der Waals surface area (Å²) in [5.74, 6) is 0.502. The van der Waals surface area contributed by atoms with Crippen LogP contribution in [0.25, 0.3) is 0 Å². The summed E-state index contributed by atoms with van der Waals surface area (Å²) in [6, 6.07) is 5.24. The highest BCUT2D eigenvalue weighted by atomic mass is 32.2. The van der Waals surface area contributed by atoms with Gasteiger partial charge in [-0.3, -0.25) is 0 Å². The molecule has 0 aromatic heterocycles. The minimum Gasteiger partial charge on any atom is -0.494 e. The molecule has 1 aromatic carbocycles. The van der Waals surface area contributed by atoms with Gasteiger partial charge in [-0.15, -0.1) is 0 Å². The molecule has 1 aromatic rings. The Morgan fingerprint density at radius 2 is 1.87 bits per heavy atom. The zero-order chi connectivity index (χ0) is 11.5. The fourth-order valence-corrected chi connectivity index (χ4v) is 1.68. The van der Waals surface area contributed by atoms with Gasteiger partial charge in [0.2, 0.25) is 0 Å². The van der Waals surface area contributed by atoms with Gasteiger partial charge in [0.15, 0.2) is 0 Å². The molecule has 0 saturated heterocycles. The molecule has 0 saturated carbocycles. The van der Waals surface area contributed by atoms with Crippen molar-refractivity contribution in [2.24, 2.45) is 0 Å². The number of carbonyl (C=O) groups is 1. The first-order valence-electron chi connectivity index (χ1n) is 4.19. The van der Waals surface area contributed by atoms with Crippen molar-refractivity contribution < 1.29 is 23.1 Å². The number of sulfone groups is 1. The van der Waals surface area contributed by atoms with Crippen LogP contribution in [0.15, 0.2) is 29.2 Å². The molecule has 0 atom stereocenters. The van der Waals surface area contributed by atoms with Crippen molar-refractivity contribution in [1.82, 2.24) is 0 Å². The highest BCUT2D eigenvalue weighted by Gasteiger charge is 2.23. The van der Waals surface area contributed by atoms with E-state index in [9.17, 15) is 13.2 Å². The molecule has 1 N–H and O–H groups in total. The molecule has 0 heterocycles. The summed E-state index contributed by atoms with van der Waals surface area (Å²) >= 11 is 0. The molecular formula is C9H10O5S. The van der Waals surface area contributed by atoms with E-state index < -0.39 is 15.1 Å². The van der Waals surface area contributed by atoms with E-state index in [-0.39, 0.29) is 4.90 Å². The Hall–Kier alpha value is -1.56. The number of hydrogen-bond acceptors (Lipinski definition) is 4. The summed E-state index contributed by atoms with van der Waals surface area (Å²) in [5, 5.41) is 6.59. The number of rotatable bonds is 3. The molecule has 0 fully saturated rings. The minimum atomic E-state index is -4.25. The molecule has 0 aliphatic heterocycles. The van der Waals surface area contributed by atoms with Crippen LogP contribution in [0.5, 0.6) is 5.75 Å². The van der Waals surface area contributed by atoms with Gasteiger partial charge >= 0.3 is 5.30 Å². The molecule has 15 heavy (non-hydrogen) atoms. The molecule has 1 rings (SSSR count). The monoisotopic (exact) mass is 230 g/mol.